The predicted molar refractivity (Wildman–Crippen MR) is 211 cm³/mol. The van der Waals surface area contributed by atoms with Gasteiger partial charge in [-0.1, -0.05) is 60.9 Å². The first-order valence-electron chi connectivity index (χ1n) is 18.4. The summed E-state index contributed by atoms with van der Waals surface area (Å²) in [7, 11) is 11.8. The van der Waals surface area contributed by atoms with Crippen LogP contribution in [0.1, 0.15) is 0 Å². The fourth-order valence-electron chi connectivity index (χ4n) is 7.40. The molecule has 268 valence electrons. The van der Waals surface area contributed by atoms with Crippen molar-refractivity contribution in [2.75, 3.05) is 42.3 Å². The highest BCUT2D eigenvalue weighted by Crippen LogP contribution is 2.48. The van der Waals surface area contributed by atoms with E-state index in [-0.39, 0.29) is 0 Å². The highest BCUT2D eigenvalue weighted by atomic mass is 16.5. The lowest BCUT2D eigenvalue weighted by Crippen LogP contribution is -2.08. The number of para-hydroxylation sites is 4. The summed E-state index contributed by atoms with van der Waals surface area (Å²) in [6, 6.07) is 45.7. The topological polar surface area (TPSA) is 45.3 Å². The van der Waals surface area contributed by atoms with Crippen LogP contribution in [0.25, 0.3) is 0 Å². The van der Waals surface area contributed by atoms with Crippen molar-refractivity contribution in [1.29, 1.82) is 0 Å². The summed E-state index contributed by atoms with van der Waals surface area (Å²) in [5.41, 5.74) is 9.11. The fourth-order valence-corrected chi connectivity index (χ4v) is 7.40. The second-order valence-electron chi connectivity index (χ2n) is 14.2. The van der Waals surface area contributed by atoms with Gasteiger partial charge in [-0.25, -0.2) is 0 Å². The molecule has 0 saturated carbocycles. The van der Waals surface area contributed by atoms with E-state index in [9.17, 15) is 0 Å². The van der Waals surface area contributed by atoms with Gasteiger partial charge in [0.1, 0.15) is 0 Å². The van der Waals surface area contributed by atoms with Gasteiger partial charge in [-0.15, -0.1) is 0 Å². The minimum Gasteiger partial charge on any atom is -0.443 e. The quantitative estimate of drug-likeness (QED) is 0.209. The molecule has 0 spiro atoms. The summed E-state index contributed by atoms with van der Waals surface area (Å²) in [5.74, 6) is 1.18. The summed E-state index contributed by atoms with van der Waals surface area (Å²) in [5, 5.41) is 0. The smallest absolute Gasteiger partial charge is 0.443 e. The Balaban J connectivity index is 1.25. The molecule has 0 saturated heterocycles. The van der Waals surface area contributed by atoms with Gasteiger partial charge in [-0.05, 0) is 18.3 Å². The maximum atomic E-state index is 7.26. The van der Waals surface area contributed by atoms with Crippen LogP contribution < -0.4 is 13.9 Å². The molecule has 0 radical (unpaired) electrons. The monoisotopic (exact) mass is 750 g/mol. The maximum Gasteiger partial charge on any atom is 0.496 e. The first kappa shape index (κ1) is 33.5. The van der Waals surface area contributed by atoms with Crippen molar-refractivity contribution in [3.05, 3.63) is 122 Å². The van der Waals surface area contributed by atoms with Crippen LogP contribution in [0, 0.1) is 0 Å². The zero-order valence-corrected chi connectivity index (χ0v) is 32.3. The van der Waals surface area contributed by atoms with E-state index in [0.29, 0.717) is 11.5 Å². The van der Waals surface area contributed by atoms with Crippen LogP contribution in [0.2, 0.25) is 0 Å². The minimum atomic E-state index is 0.592. The van der Waals surface area contributed by atoms with Gasteiger partial charge in [0.05, 0.1) is 24.3 Å². The van der Waals surface area contributed by atoms with Gasteiger partial charge in [-0.3, -0.25) is 0 Å². The molecule has 10 rings (SSSR count). The summed E-state index contributed by atoms with van der Waals surface area (Å²) in [6.45, 7) is 0. The number of nitrogens with zero attached hydrogens (tertiary/aromatic N) is 12. The lowest BCUT2D eigenvalue weighted by Gasteiger charge is -2.09. The molecule has 0 N–H and O–H groups in total. The number of fused-ring (bicyclic) bond motifs is 2. The molecule has 6 heterocycles. The van der Waals surface area contributed by atoms with Crippen LogP contribution >= 0.6 is 0 Å². The van der Waals surface area contributed by atoms with E-state index in [2.05, 4.69) is 93.7 Å². The molecular formula is C44H38N12O+12. The zero-order valence-electron chi connectivity index (χ0n) is 32.3. The van der Waals surface area contributed by atoms with Crippen LogP contribution in [0.4, 0.5) is 56.9 Å². The SMILES string of the molecule is C[N+]1=C=[N+](c2cc([N+]3=C=[N+](C)c4ccccc43)c([N+]3=C=[N+](C)C=C3)cc2Oc2cc([N+]3=C=[N+](C)C=C3)c([N+]3=C=[N+](C)c4ccccc43)cc2[N+]2=C=[N+](C)C=C2)C=C1. The first-order chi connectivity index (χ1) is 27.7. The number of hydrogen-bond donors (Lipinski definition) is 0. The third-order valence-corrected chi connectivity index (χ3v) is 10.1. The lowest BCUT2D eigenvalue weighted by atomic mass is 10.1. The highest BCUT2D eigenvalue weighted by Gasteiger charge is 2.44. The van der Waals surface area contributed by atoms with Crippen molar-refractivity contribution in [3.63, 3.8) is 0 Å². The summed E-state index contributed by atoms with van der Waals surface area (Å²) >= 11 is 0. The molecule has 13 heteroatoms. The molecule has 6 aliphatic rings. The highest BCUT2D eigenvalue weighted by molar-refractivity contribution is 5.83. The Labute approximate surface area is 327 Å². The number of hydrogen-bond acceptors (Lipinski definition) is 1. The molecular weight excluding hydrogens is 713 g/mol. The minimum absolute atomic E-state index is 0.592. The van der Waals surface area contributed by atoms with E-state index in [1.165, 1.54) is 0 Å². The Morgan fingerprint density at radius 2 is 0.667 bits per heavy atom. The molecule has 57 heavy (non-hydrogen) atoms. The predicted octanol–water partition coefficient (Wildman–Crippen LogP) is 5.85. The van der Waals surface area contributed by atoms with E-state index in [0.717, 1.165) is 56.9 Å². The Morgan fingerprint density at radius 1 is 0.333 bits per heavy atom. The molecule has 0 bridgehead atoms. The molecule has 4 aromatic rings. The van der Waals surface area contributed by atoms with E-state index >= 15 is 0 Å². The van der Waals surface area contributed by atoms with Gasteiger partial charge < -0.3 is 4.74 Å². The summed E-state index contributed by atoms with van der Waals surface area (Å²) < 4.78 is 30.9. The largest absolute Gasteiger partial charge is 0.496 e. The van der Waals surface area contributed by atoms with Crippen LogP contribution in [0.15, 0.2) is 122 Å². The lowest BCUT2D eigenvalue weighted by molar-refractivity contribution is -0.430. The van der Waals surface area contributed by atoms with Gasteiger partial charge in [0, 0.05) is 24.3 Å². The van der Waals surface area contributed by atoms with Crippen molar-refractivity contribution >= 4 is 92.9 Å². The molecule has 13 nitrogen and oxygen atoms in total. The van der Waals surface area contributed by atoms with Gasteiger partial charge in [0.2, 0.25) is 36.3 Å². The molecule has 4 aromatic carbocycles. The van der Waals surface area contributed by atoms with Gasteiger partial charge in [-0.2, -0.15) is 0 Å². The van der Waals surface area contributed by atoms with Crippen molar-refractivity contribution in [3.8, 4) is 11.5 Å². The second-order valence-corrected chi connectivity index (χ2v) is 14.2. The third-order valence-electron chi connectivity index (χ3n) is 10.1. The second kappa shape index (κ2) is 12.8. The summed E-state index contributed by atoms with van der Waals surface area (Å²) in [6.07, 6.45) is 15.8. The van der Waals surface area contributed by atoms with E-state index in [1.807, 2.05) is 162 Å². The number of benzene rings is 4. The van der Waals surface area contributed by atoms with Crippen LogP contribution in [-0.4, -0.2) is 124 Å². The van der Waals surface area contributed by atoms with E-state index < -0.39 is 0 Å². The average molecular weight is 751 g/mol. The van der Waals surface area contributed by atoms with Crippen LogP contribution in [0.3, 0.4) is 0 Å². The third kappa shape index (κ3) is 5.63. The Kier molecular flexibility index (Phi) is 7.50. The fraction of sp³-hybridized carbons (Fsp3) is 0.136. The molecule has 6 aliphatic heterocycles. The molecule has 0 aliphatic carbocycles. The van der Waals surface area contributed by atoms with Crippen molar-refractivity contribution in [2.45, 2.75) is 0 Å². The summed E-state index contributed by atoms with van der Waals surface area (Å²) in [4.78, 5) is 0. The van der Waals surface area contributed by atoms with Gasteiger partial charge in [0.15, 0.2) is 42.3 Å². The number of rotatable bonds is 8. The van der Waals surface area contributed by atoms with Crippen LogP contribution in [-0.2, 0) is 0 Å². The standard InChI is InChI=1S/C44H38N12O/c1-45-15-19-51(27-45)37-25-43(41(53-21-17-47(3)29-53)23-39(37)55-31-49(5)33-11-7-9-13-35(33)55)57-44-26-38(52-20-16-46(2)28-52)40(24-42(44)54-22-18-48(4)30-54)56-32-50(6)34-12-8-10-14-36(34)56/h7-26H,1-6H3/q+12. The Hall–Kier alpha value is -8.08. The van der Waals surface area contributed by atoms with Gasteiger partial charge >= 0.3 is 58.8 Å². The molecule has 0 amide bonds. The Morgan fingerprint density at radius 3 is 1.00 bits per heavy atom. The molecule has 0 atom stereocenters. The van der Waals surface area contributed by atoms with Crippen LogP contribution in [0.5, 0.6) is 11.5 Å². The van der Waals surface area contributed by atoms with Gasteiger partial charge in [0.25, 0.3) is 58.9 Å². The molecule has 0 aromatic heterocycles. The number of ether oxygens (including phenoxy) is 1. The van der Waals surface area contributed by atoms with E-state index in [1.54, 1.807) is 0 Å². The first-order valence-corrected chi connectivity index (χ1v) is 18.4. The molecule has 0 fully saturated rings. The van der Waals surface area contributed by atoms with Crippen molar-refractivity contribution in [1.82, 2.24) is 9.15 Å². The van der Waals surface area contributed by atoms with E-state index in [4.69, 9.17) is 4.74 Å². The molecule has 0 unspecified atom stereocenters. The Bertz CT molecular complexity index is 3000. The maximum absolute atomic E-state index is 7.26. The zero-order chi connectivity index (χ0) is 38.9. The van der Waals surface area contributed by atoms with Crippen molar-refractivity contribution < 1.29 is 50.5 Å². The van der Waals surface area contributed by atoms with Crippen molar-refractivity contribution in [2.24, 2.45) is 0 Å². The normalized spacial score (nSPS) is 16.6. The average Bonchev–Trinajstić information content (AvgIpc) is 4.09.